The number of piperidine rings is 1. The smallest absolute Gasteiger partial charge is 0.407 e. The summed E-state index contributed by atoms with van der Waals surface area (Å²) in [7, 11) is 0. The number of nitrogens with one attached hydrogen (secondary N) is 2. The minimum absolute atomic E-state index is 0.0725. The van der Waals surface area contributed by atoms with E-state index in [0.717, 1.165) is 68.4 Å². The van der Waals surface area contributed by atoms with E-state index in [2.05, 4.69) is 33.7 Å². The highest BCUT2D eigenvalue weighted by atomic mass is 16.6. The fourth-order valence-electron chi connectivity index (χ4n) is 7.48. The number of anilines is 1. The number of carbonyl (C=O) groups excluding carboxylic acids is 4. The van der Waals surface area contributed by atoms with Gasteiger partial charge in [0.1, 0.15) is 5.60 Å². The van der Waals surface area contributed by atoms with Crippen LogP contribution in [0.15, 0.2) is 78.9 Å². The van der Waals surface area contributed by atoms with Crippen molar-refractivity contribution in [2.45, 2.75) is 82.9 Å². The summed E-state index contributed by atoms with van der Waals surface area (Å²) in [6.07, 6.45) is 5.11. The Kier molecular flexibility index (Phi) is 10.6. The average Bonchev–Trinajstić information content (AvgIpc) is 3.33. The van der Waals surface area contributed by atoms with Crippen molar-refractivity contribution in [1.82, 2.24) is 20.4 Å². The molecule has 0 unspecified atom stereocenters. The SMILES string of the molecule is CC(C)(C)OC(=O)N[C@@H](Cc1ccccc1)CN1CCC2(CC1)NC(=O)N(CCCCCCN1C(=O)c3ccccc3C1=O)c1ccccc12. The third-order valence-corrected chi connectivity index (χ3v) is 9.93. The first-order valence-corrected chi connectivity index (χ1v) is 17.9. The van der Waals surface area contributed by atoms with Gasteiger partial charge in [-0.1, -0.05) is 73.5 Å². The average molecular weight is 680 g/mol. The maximum Gasteiger partial charge on any atom is 0.407 e. The predicted molar refractivity (Wildman–Crippen MR) is 193 cm³/mol. The van der Waals surface area contributed by atoms with Crippen LogP contribution in [-0.4, -0.2) is 78.1 Å². The third kappa shape index (κ3) is 8.02. The molecule has 2 N–H and O–H groups in total. The molecule has 3 aromatic rings. The van der Waals surface area contributed by atoms with E-state index in [1.807, 2.05) is 62.1 Å². The molecule has 1 spiro atoms. The van der Waals surface area contributed by atoms with E-state index in [-0.39, 0.29) is 23.9 Å². The fraction of sp³-hybridized carbons (Fsp3) is 0.450. The van der Waals surface area contributed by atoms with Crippen molar-refractivity contribution in [3.63, 3.8) is 0 Å². The Balaban J connectivity index is 1.02. The second-order valence-electron chi connectivity index (χ2n) is 14.7. The lowest BCUT2D eigenvalue weighted by atomic mass is 9.78. The monoisotopic (exact) mass is 679 g/mol. The Morgan fingerprint density at radius 3 is 2.02 bits per heavy atom. The molecule has 0 bridgehead atoms. The Morgan fingerprint density at radius 1 is 0.800 bits per heavy atom. The molecule has 0 aromatic heterocycles. The van der Waals surface area contributed by atoms with Crippen LogP contribution in [0.3, 0.4) is 0 Å². The number of nitrogens with zero attached hydrogens (tertiary/aromatic N) is 3. The molecule has 5 amide bonds. The van der Waals surface area contributed by atoms with Crippen LogP contribution >= 0.6 is 0 Å². The molecule has 0 radical (unpaired) electrons. The molecule has 10 heteroatoms. The van der Waals surface area contributed by atoms with Gasteiger partial charge in [0.05, 0.1) is 22.4 Å². The number of hydrogen-bond donors (Lipinski definition) is 2. The molecule has 1 atom stereocenters. The number of imide groups is 1. The van der Waals surface area contributed by atoms with Crippen molar-refractivity contribution < 1.29 is 23.9 Å². The van der Waals surface area contributed by atoms with E-state index in [1.54, 1.807) is 24.3 Å². The molecule has 10 nitrogen and oxygen atoms in total. The zero-order valence-electron chi connectivity index (χ0n) is 29.5. The van der Waals surface area contributed by atoms with E-state index in [1.165, 1.54) is 4.90 Å². The zero-order chi connectivity index (χ0) is 35.3. The second kappa shape index (κ2) is 15.0. The van der Waals surface area contributed by atoms with Crippen LogP contribution in [0.2, 0.25) is 0 Å². The maximum atomic E-state index is 13.7. The largest absolute Gasteiger partial charge is 0.444 e. The quantitative estimate of drug-likeness (QED) is 0.167. The van der Waals surface area contributed by atoms with E-state index >= 15 is 0 Å². The lowest BCUT2D eigenvalue weighted by molar-refractivity contribution is 0.0478. The van der Waals surface area contributed by atoms with Crippen LogP contribution in [0.1, 0.15) is 91.1 Å². The van der Waals surface area contributed by atoms with Gasteiger partial charge >= 0.3 is 12.1 Å². The van der Waals surface area contributed by atoms with Gasteiger partial charge in [-0.15, -0.1) is 0 Å². The maximum absolute atomic E-state index is 13.7. The molecular formula is C40H49N5O5. The molecule has 1 fully saturated rings. The summed E-state index contributed by atoms with van der Waals surface area (Å²) in [4.78, 5) is 57.3. The number of amides is 5. The number of unbranched alkanes of at least 4 members (excludes halogenated alkanes) is 3. The Labute approximate surface area is 295 Å². The zero-order valence-corrected chi connectivity index (χ0v) is 29.5. The summed E-state index contributed by atoms with van der Waals surface area (Å²) in [6, 6.07) is 25.2. The van der Waals surface area contributed by atoms with Crippen molar-refractivity contribution in [3.05, 3.63) is 101 Å². The van der Waals surface area contributed by atoms with Gasteiger partial charge in [-0.2, -0.15) is 0 Å². The van der Waals surface area contributed by atoms with E-state index in [9.17, 15) is 19.2 Å². The van der Waals surface area contributed by atoms with Gasteiger partial charge in [0.25, 0.3) is 11.8 Å². The predicted octanol–water partition coefficient (Wildman–Crippen LogP) is 6.50. The first-order chi connectivity index (χ1) is 24.0. The molecular weight excluding hydrogens is 630 g/mol. The molecule has 3 aliphatic heterocycles. The van der Waals surface area contributed by atoms with Crippen LogP contribution in [0.5, 0.6) is 0 Å². The molecule has 264 valence electrons. The Hall–Kier alpha value is -4.70. The van der Waals surface area contributed by atoms with Crippen LogP contribution in [-0.2, 0) is 16.7 Å². The van der Waals surface area contributed by atoms with Crippen LogP contribution in [0, 0.1) is 0 Å². The van der Waals surface area contributed by atoms with Gasteiger partial charge in [-0.25, -0.2) is 9.59 Å². The summed E-state index contributed by atoms with van der Waals surface area (Å²) >= 11 is 0. The summed E-state index contributed by atoms with van der Waals surface area (Å²) in [5, 5.41) is 6.52. The fourth-order valence-corrected chi connectivity index (χ4v) is 7.48. The highest BCUT2D eigenvalue weighted by Gasteiger charge is 2.44. The Morgan fingerprint density at radius 2 is 1.38 bits per heavy atom. The number of likely N-dealkylation sites (tertiary alicyclic amines) is 1. The van der Waals surface area contributed by atoms with Crippen LogP contribution in [0.25, 0.3) is 0 Å². The standard InChI is InChI=1S/C40H49N5O5/c1-39(2,3)50-38(49)41-30(27-29-15-7-6-8-16-29)28-43-25-21-40(22-26-43)33-19-11-12-20-34(33)44(37(48)42-40)23-13-4-5-14-24-45-35(46)31-17-9-10-18-32(31)36(45)47/h6-12,15-20,30H,4-5,13-14,21-28H2,1-3H3,(H,41,49)(H,42,48)/t30-/m0/s1. The molecule has 50 heavy (non-hydrogen) atoms. The van der Waals surface area contributed by atoms with Crippen molar-refractivity contribution in [3.8, 4) is 0 Å². The van der Waals surface area contributed by atoms with Gasteiger partial charge in [0.15, 0.2) is 0 Å². The van der Waals surface area contributed by atoms with E-state index in [4.69, 9.17) is 4.74 Å². The number of para-hydroxylation sites is 1. The van der Waals surface area contributed by atoms with E-state index < -0.39 is 17.2 Å². The molecule has 3 heterocycles. The molecule has 6 rings (SSSR count). The molecule has 0 saturated carbocycles. The van der Waals surface area contributed by atoms with Crippen molar-refractivity contribution in [2.24, 2.45) is 0 Å². The van der Waals surface area contributed by atoms with Crippen molar-refractivity contribution >= 4 is 29.6 Å². The highest BCUT2D eigenvalue weighted by Crippen LogP contribution is 2.42. The topological polar surface area (TPSA) is 111 Å². The first kappa shape index (κ1) is 35.1. The van der Waals surface area contributed by atoms with Gasteiger partial charge in [0, 0.05) is 44.3 Å². The van der Waals surface area contributed by atoms with E-state index in [0.29, 0.717) is 37.2 Å². The number of ether oxygens (including phenoxy) is 1. The van der Waals surface area contributed by atoms with Gasteiger partial charge in [-0.05, 0) is 76.6 Å². The lowest BCUT2D eigenvalue weighted by Gasteiger charge is -2.48. The number of urea groups is 1. The highest BCUT2D eigenvalue weighted by molar-refractivity contribution is 6.21. The summed E-state index contributed by atoms with van der Waals surface area (Å²) < 4.78 is 5.59. The van der Waals surface area contributed by atoms with Crippen LogP contribution in [0.4, 0.5) is 15.3 Å². The van der Waals surface area contributed by atoms with Crippen molar-refractivity contribution in [1.29, 1.82) is 0 Å². The summed E-state index contributed by atoms with van der Waals surface area (Å²) in [6.45, 7) is 8.84. The molecule has 3 aliphatic rings. The number of carbonyl (C=O) groups is 4. The summed E-state index contributed by atoms with van der Waals surface area (Å²) in [5.74, 6) is -0.423. The lowest BCUT2D eigenvalue weighted by Crippen LogP contribution is -2.61. The molecule has 3 aromatic carbocycles. The van der Waals surface area contributed by atoms with Crippen molar-refractivity contribution in [2.75, 3.05) is 37.6 Å². The minimum atomic E-state index is -0.580. The normalized spacial score (nSPS) is 17.7. The number of rotatable bonds is 12. The number of fused-ring (bicyclic) bond motifs is 3. The minimum Gasteiger partial charge on any atom is -0.444 e. The number of hydrogen-bond acceptors (Lipinski definition) is 6. The molecule has 0 aliphatic carbocycles. The molecule has 1 saturated heterocycles. The van der Waals surface area contributed by atoms with Crippen LogP contribution < -0.4 is 15.5 Å². The second-order valence-corrected chi connectivity index (χ2v) is 14.7. The first-order valence-electron chi connectivity index (χ1n) is 17.9. The number of alkyl carbamates (subject to hydrolysis) is 1. The number of benzene rings is 3. The van der Waals surface area contributed by atoms with Gasteiger partial charge < -0.3 is 20.3 Å². The van der Waals surface area contributed by atoms with Gasteiger partial charge in [-0.3, -0.25) is 19.4 Å². The van der Waals surface area contributed by atoms with Gasteiger partial charge in [0.2, 0.25) is 0 Å². The third-order valence-electron chi connectivity index (χ3n) is 9.93. The summed E-state index contributed by atoms with van der Waals surface area (Å²) in [5.41, 5.74) is 3.21. The Bertz CT molecular complexity index is 1660.